The molecular formula is C40H58N7O7PS. The third-order valence-corrected chi connectivity index (χ3v) is 11.8. The minimum atomic E-state index is -1.13. The monoisotopic (exact) mass is 811 g/mol. The largest absolute Gasteiger partial charge is 0.458 e. The standard InChI is InChI=1S/C40H58N7O7PS/c1-24(41)43-17-9-15-30(39(52)54-40(2,3)4)44-36(49)33-20-26-12-7-8-16-32(26)47(33)38(51)34-19-25-11-5-6-13-27(25)22-46(34)37(50)31(23-53-55)45-35(48)29(42)21-28-14-10-18-56-28/h5-6,10-11,13-14,18,26,29-34H,7-9,12,15-17,19-23,42,55H2,1-4H3,(H2,41,43)(H,44,49)(H,45,48). The van der Waals surface area contributed by atoms with E-state index in [-0.39, 0.29) is 43.9 Å². The van der Waals surface area contributed by atoms with Gasteiger partial charge in [-0.3, -0.25) is 24.2 Å². The number of hydrogen-bond acceptors (Lipinski definition) is 10. The van der Waals surface area contributed by atoms with Crippen LogP contribution in [0.25, 0.3) is 0 Å². The normalized spacial score (nSPS) is 22.6. The molecule has 2 aliphatic heterocycles. The summed E-state index contributed by atoms with van der Waals surface area (Å²) in [4.78, 5) is 79.3. The number of nitrogens with zero attached hydrogens (tertiary/aromatic N) is 3. The van der Waals surface area contributed by atoms with Crippen LogP contribution in [0, 0.1) is 5.92 Å². The summed E-state index contributed by atoms with van der Waals surface area (Å²) in [6, 6.07) is 6.42. The molecule has 5 rings (SSSR count). The van der Waals surface area contributed by atoms with Gasteiger partial charge >= 0.3 is 5.97 Å². The second kappa shape index (κ2) is 19.5. The number of nitrogens with one attached hydrogen (secondary N) is 2. The van der Waals surface area contributed by atoms with Crippen LogP contribution in [0.3, 0.4) is 0 Å². The summed E-state index contributed by atoms with van der Waals surface area (Å²) in [6.45, 7) is 7.33. The molecule has 8 atom stereocenters. The minimum Gasteiger partial charge on any atom is -0.458 e. The molecule has 1 aliphatic carbocycles. The summed E-state index contributed by atoms with van der Waals surface area (Å²) < 4.78 is 11.0. The number of rotatable bonds is 15. The summed E-state index contributed by atoms with van der Waals surface area (Å²) >= 11 is 1.49. The van der Waals surface area contributed by atoms with E-state index in [1.807, 2.05) is 41.8 Å². The third kappa shape index (κ3) is 11.1. The lowest BCUT2D eigenvalue weighted by Gasteiger charge is -2.42. The van der Waals surface area contributed by atoms with Gasteiger partial charge in [0.1, 0.15) is 29.8 Å². The van der Waals surface area contributed by atoms with E-state index in [2.05, 4.69) is 25.1 Å². The molecule has 16 heteroatoms. The number of fused-ring (bicyclic) bond motifs is 2. The molecule has 2 aromatic rings. The van der Waals surface area contributed by atoms with Crippen molar-refractivity contribution in [1.29, 1.82) is 0 Å². The number of thiophene rings is 1. The maximum Gasteiger partial charge on any atom is 0.329 e. The predicted octanol–water partition coefficient (Wildman–Crippen LogP) is 3.01. The lowest BCUT2D eigenvalue weighted by atomic mass is 9.84. The summed E-state index contributed by atoms with van der Waals surface area (Å²) in [6.07, 6.45) is 5.22. The number of carbonyl (C=O) groups excluding carboxylic acids is 5. The van der Waals surface area contributed by atoms with Crippen LogP contribution in [-0.4, -0.2) is 100 Å². The summed E-state index contributed by atoms with van der Waals surface area (Å²) in [7, 11) is 2.12. The van der Waals surface area contributed by atoms with Crippen LogP contribution in [0.5, 0.6) is 0 Å². The van der Waals surface area contributed by atoms with Crippen molar-refractivity contribution in [3.8, 4) is 0 Å². The Morgan fingerprint density at radius 2 is 1.75 bits per heavy atom. The van der Waals surface area contributed by atoms with E-state index in [1.54, 1.807) is 32.6 Å². The topological polar surface area (TPSA) is 199 Å². The van der Waals surface area contributed by atoms with Crippen molar-refractivity contribution >= 4 is 56.2 Å². The maximum absolute atomic E-state index is 15.2. The van der Waals surface area contributed by atoms with Crippen molar-refractivity contribution in [1.82, 2.24) is 20.4 Å². The van der Waals surface area contributed by atoms with Gasteiger partial charge in [0.25, 0.3) is 0 Å². The van der Waals surface area contributed by atoms with Gasteiger partial charge in [-0.1, -0.05) is 43.2 Å². The second-order valence-corrected chi connectivity index (χ2v) is 17.5. The Morgan fingerprint density at radius 3 is 2.43 bits per heavy atom. The zero-order valence-corrected chi connectivity index (χ0v) is 34.9. The van der Waals surface area contributed by atoms with Gasteiger partial charge in [-0.15, -0.1) is 11.3 Å². The van der Waals surface area contributed by atoms with Crippen LogP contribution >= 0.6 is 20.8 Å². The molecule has 0 bridgehead atoms. The molecule has 14 nitrogen and oxygen atoms in total. The summed E-state index contributed by atoms with van der Waals surface area (Å²) in [5.74, 6) is -1.81. The number of amidine groups is 1. The van der Waals surface area contributed by atoms with Crippen LogP contribution in [0.2, 0.25) is 0 Å². The highest BCUT2D eigenvalue weighted by molar-refractivity contribution is 7.10. The van der Waals surface area contributed by atoms with Gasteiger partial charge in [0.05, 0.1) is 18.5 Å². The smallest absolute Gasteiger partial charge is 0.329 e. The number of benzene rings is 1. The molecule has 4 amide bonds. The van der Waals surface area contributed by atoms with Crippen LogP contribution in [-0.2, 0) is 52.6 Å². The second-order valence-electron chi connectivity index (χ2n) is 16.1. The Hall–Kier alpha value is -3.91. The Bertz CT molecular complexity index is 1730. The molecule has 1 aromatic carbocycles. The molecule has 306 valence electrons. The zero-order valence-electron chi connectivity index (χ0n) is 32.9. The maximum atomic E-state index is 15.2. The van der Waals surface area contributed by atoms with Gasteiger partial charge in [0.15, 0.2) is 0 Å². The fourth-order valence-electron chi connectivity index (χ4n) is 8.09. The van der Waals surface area contributed by atoms with Crippen molar-refractivity contribution < 1.29 is 33.2 Å². The van der Waals surface area contributed by atoms with Crippen LogP contribution in [0.1, 0.15) is 88.6 Å². The van der Waals surface area contributed by atoms with E-state index >= 15 is 4.79 Å². The molecule has 0 spiro atoms. The molecule has 1 saturated heterocycles. The molecule has 56 heavy (non-hydrogen) atoms. The number of likely N-dealkylation sites (tertiary alicyclic amines) is 1. The summed E-state index contributed by atoms with van der Waals surface area (Å²) in [5.41, 5.74) is 13.0. The molecule has 3 aliphatic rings. The first-order valence-electron chi connectivity index (χ1n) is 19.6. The average Bonchev–Trinajstić information content (AvgIpc) is 3.82. The van der Waals surface area contributed by atoms with E-state index in [4.69, 9.17) is 20.7 Å². The van der Waals surface area contributed by atoms with Gasteiger partial charge < -0.3 is 41.2 Å². The average molecular weight is 812 g/mol. The zero-order chi connectivity index (χ0) is 40.6. The minimum absolute atomic E-state index is 0.0905. The van der Waals surface area contributed by atoms with Gasteiger partial charge in [-0.2, -0.15) is 0 Å². The molecule has 0 radical (unpaired) electrons. The van der Waals surface area contributed by atoms with Gasteiger partial charge in [-0.05, 0) is 88.3 Å². The number of aliphatic imine (C=N–C) groups is 1. The van der Waals surface area contributed by atoms with Crippen molar-refractivity contribution in [3.05, 3.63) is 57.8 Å². The van der Waals surface area contributed by atoms with Crippen molar-refractivity contribution in [2.75, 3.05) is 13.2 Å². The highest BCUT2D eigenvalue weighted by atomic mass is 32.1. The van der Waals surface area contributed by atoms with Crippen molar-refractivity contribution in [2.45, 2.75) is 134 Å². The van der Waals surface area contributed by atoms with Gasteiger partial charge in [-0.25, -0.2) is 4.79 Å². The molecule has 1 aromatic heterocycles. The highest BCUT2D eigenvalue weighted by Crippen LogP contribution is 2.41. The number of ether oxygens (including phenoxy) is 1. The quantitative estimate of drug-likeness (QED) is 0.0687. The number of esters is 1. The predicted molar refractivity (Wildman–Crippen MR) is 218 cm³/mol. The number of amides is 4. The Kier molecular flexibility index (Phi) is 15.0. The molecule has 8 unspecified atom stereocenters. The summed E-state index contributed by atoms with van der Waals surface area (Å²) in [5, 5.41) is 7.65. The van der Waals surface area contributed by atoms with Crippen LogP contribution < -0.4 is 22.1 Å². The van der Waals surface area contributed by atoms with E-state index in [0.717, 1.165) is 41.7 Å². The molecule has 3 heterocycles. The van der Waals surface area contributed by atoms with E-state index in [9.17, 15) is 19.2 Å². The number of nitrogens with two attached hydrogens (primary N) is 2. The lowest BCUT2D eigenvalue weighted by molar-refractivity contribution is -0.159. The Labute approximate surface area is 336 Å². The van der Waals surface area contributed by atoms with E-state index < -0.39 is 59.5 Å². The first kappa shape index (κ1) is 43.2. The first-order chi connectivity index (χ1) is 26.7. The molecule has 2 fully saturated rings. The van der Waals surface area contributed by atoms with Crippen LogP contribution in [0.4, 0.5) is 0 Å². The number of carbonyl (C=O) groups is 5. The van der Waals surface area contributed by atoms with Crippen LogP contribution in [0.15, 0.2) is 46.8 Å². The first-order valence-corrected chi connectivity index (χ1v) is 20.9. The highest BCUT2D eigenvalue weighted by Gasteiger charge is 2.51. The lowest BCUT2D eigenvalue weighted by Crippen LogP contribution is -2.62. The van der Waals surface area contributed by atoms with E-state index in [1.165, 1.54) is 16.2 Å². The Balaban J connectivity index is 1.42. The molecule has 1 saturated carbocycles. The Morgan fingerprint density at radius 1 is 1.02 bits per heavy atom. The fraction of sp³-hybridized carbons (Fsp3) is 0.600. The van der Waals surface area contributed by atoms with E-state index in [0.29, 0.717) is 31.6 Å². The third-order valence-electron chi connectivity index (χ3n) is 10.7. The molecular weight excluding hydrogens is 754 g/mol. The van der Waals surface area contributed by atoms with Gasteiger partial charge in [0.2, 0.25) is 23.6 Å². The van der Waals surface area contributed by atoms with Crippen molar-refractivity contribution in [3.63, 3.8) is 0 Å². The SMILES string of the molecule is CC(N)=NCCCC(NC(=O)C1CC2CCCCC2N1C(=O)C1Cc2ccccc2CN1C(=O)C(COP)NC(=O)C(N)Cc1cccs1)C(=O)OC(C)(C)C. The van der Waals surface area contributed by atoms with Gasteiger partial charge in [0, 0.05) is 46.3 Å². The fourth-order valence-corrected chi connectivity index (χ4v) is 9.04. The van der Waals surface area contributed by atoms with Crippen molar-refractivity contribution in [2.24, 2.45) is 22.4 Å². The molecule has 6 N–H and O–H groups in total. The number of hydrogen-bond donors (Lipinski definition) is 4.